The van der Waals surface area contributed by atoms with Crippen molar-refractivity contribution in [2.75, 3.05) is 13.6 Å². The van der Waals surface area contributed by atoms with Gasteiger partial charge in [-0.15, -0.1) is 12.6 Å². The fourth-order valence-corrected chi connectivity index (χ4v) is 4.08. The number of thiol groups is 1. The topological polar surface area (TPSA) is 65.0 Å². The van der Waals surface area contributed by atoms with E-state index >= 15 is 0 Å². The van der Waals surface area contributed by atoms with E-state index in [-0.39, 0.29) is 11.9 Å². The number of nitrogens with one attached hydrogen (secondary N) is 1. The van der Waals surface area contributed by atoms with Gasteiger partial charge in [-0.05, 0) is 48.8 Å². The van der Waals surface area contributed by atoms with E-state index in [0.29, 0.717) is 24.2 Å². The van der Waals surface area contributed by atoms with Gasteiger partial charge in [0.25, 0.3) is 5.91 Å². The number of rotatable bonds is 8. The van der Waals surface area contributed by atoms with Crippen molar-refractivity contribution in [1.29, 1.82) is 0 Å². The van der Waals surface area contributed by atoms with E-state index in [4.69, 9.17) is 0 Å². The zero-order chi connectivity index (χ0) is 23.3. The highest BCUT2D eigenvalue weighted by atomic mass is 32.1. The number of carbonyl (C=O) groups is 2. The smallest absolute Gasteiger partial charge is 0.273 e. The van der Waals surface area contributed by atoms with Gasteiger partial charge in [0.2, 0.25) is 0 Å². The van der Waals surface area contributed by atoms with Gasteiger partial charge in [-0.25, -0.2) is 15.4 Å². The number of allylic oxidation sites excluding steroid dienone is 1. The molecular weight excluding hydrogens is 420 g/mol. The Morgan fingerprint density at radius 2 is 1.94 bits per heavy atom. The molecule has 0 bridgehead atoms. The Labute approximate surface area is 194 Å². The zero-order valence-corrected chi connectivity index (χ0v) is 19.5. The summed E-state index contributed by atoms with van der Waals surface area (Å²) >= 11 is 4.40. The number of para-hydroxylation sites is 1. The van der Waals surface area contributed by atoms with Gasteiger partial charge in [0.15, 0.2) is 0 Å². The van der Waals surface area contributed by atoms with Gasteiger partial charge in [-0.3, -0.25) is 4.79 Å². The third-order valence-corrected chi connectivity index (χ3v) is 6.15. The largest absolute Gasteiger partial charge is 0.361 e. The predicted octanol–water partition coefficient (Wildman–Crippen LogP) is 4.19. The number of nitrogens with zero attached hydrogens (tertiary/aromatic N) is 3. The second-order valence-corrected chi connectivity index (χ2v) is 8.03. The lowest BCUT2D eigenvalue weighted by atomic mass is 9.94. The molecule has 2 aromatic carbocycles. The summed E-state index contributed by atoms with van der Waals surface area (Å²) < 4.78 is 0. The highest BCUT2D eigenvalue weighted by Crippen LogP contribution is 2.34. The molecule has 0 saturated carbocycles. The molecule has 6 nitrogen and oxygen atoms in total. The summed E-state index contributed by atoms with van der Waals surface area (Å²) in [6.45, 7) is 8.61. The molecule has 3 rings (SSSR count). The van der Waals surface area contributed by atoms with Gasteiger partial charge in [0, 0.05) is 29.6 Å². The lowest BCUT2D eigenvalue weighted by molar-refractivity contribution is -0.108. The number of aliphatic imine (C=N–C) groups is 1. The summed E-state index contributed by atoms with van der Waals surface area (Å²) in [7, 11) is 1.67. The number of hydrogen-bond acceptors (Lipinski definition) is 6. The van der Waals surface area contributed by atoms with Crippen LogP contribution in [0.3, 0.4) is 0 Å². The van der Waals surface area contributed by atoms with Crippen molar-refractivity contribution in [1.82, 2.24) is 15.3 Å². The molecule has 0 aromatic heterocycles. The predicted molar refractivity (Wildman–Crippen MR) is 131 cm³/mol. The molecule has 166 valence electrons. The lowest BCUT2D eigenvalue weighted by Crippen LogP contribution is -2.39. The fraction of sp³-hybridized carbons (Fsp3) is 0.240. The Morgan fingerprint density at radius 3 is 2.62 bits per heavy atom. The molecule has 32 heavy (non-hydrogen) atoms. The molecule has 0 saturated heterocycles. The van der Waals surface area contributed by atoms with Crippen LogP contribution in [-0.4, -0.2) is 48.1 Å². The molecule has 0 radical (unpaired) electrons. The number of amides is 1. The second kappa shape index (κ2) is 10.4. The second-order valence-electron chi connectivity index (χ2n) is 7.55. The van der Waals surface area contributed by atoms with Crippen LogP contribution >= 0.6 is 12.6 Å². The summed E-state index contributed by atoms with van der Waals surface area (Å²) in [5.74, 6) is -0.219. The van der Waals surface area contributed by atoms with Crippen molar-refractivity contribution in [3.05, 3.63) is 83.1 Å². The van der Waals surface area contributed by atoms with Crippen molar-refractivity contribution in [3.63, 3.8) is 0 Å². The molecular formula is C25H28N4O2S. The molecule has 0 spiro atoms. The van der Waals surface area contributed by atoms with Crippen LogP contribution in [0.15, 0.2) is 81.8 Å². The Bertz CT molecular complexity index is 1090. The third-order valence-electron chi connectivity index (χ3n) is 5.77. The first-order valence-electron chi connectivity index (χ1n) is 10.4. The van der Waals surface area contributed by atoms with Crippen LogP contribution in [0.4, 0.5) is 5.69 Å². The van der Waals surface area contributed by atoms with Crippen LogP contribution in [-0.2, 0) is 11.2 Å². The van der Waals surface area contributed by atoms with Gasteiger partial charge >= 0.3 is 0 Å². The molecule has 1 aliphatic heterocycles. The first-order chi connectivity index (χ1) is 15.4. The summed E-state index contributed by atoms with van der Waals surface area (Å²) in [5.41, 5.74) is 8.08. The molecule has 1 aliphatic rings. The number of hydrogen-bond donors (Lipinski definition) is 2. The monoisotopic (exact) mass is 448 g/mol. The molecule has 1 atom stereocenters. The number of carbonyl (C=O) groups excluding carboxylic acids is 2. The van der Waals surface area contributed by atoms with E-state index in [1.807, 2.05) is 67.3 Å². The Hall–Kier alpha value is -3.16. The van der Waals surface area contributed by atoms with Gasteiger partial charge in [0.1, 0.15) is 12.6 Å². The van der Waals surface area contributed by atoms with E-state index in [9.17, 15) is 9.59 Å². The van der Waals surface area contributed by atoms with Crippen molar-refractivity contribution >= 4 is 36.8 Å². The van der Waals surface area contributed by atoms with E-state index in [2.05, 4.69) is 29.6 Å². The minimum absolute atomic E-state index is 0.0558. The van der Waals surface area contributed by atoms with Crippen molar-refractivity contribution in [2.24, 2.45) is 4.99 Å². The van der Waals surface area contributed by atoms with Crippen LogP contribution in [0.5, 0.6) is 0 Å². The van der Waals surface area contributed by atoms with Gasteiger partial charge < -0.3 is 9.69 Å². The molecule has 7 heteroatoms. The first kappa shape index (κ1) is 23.5. The minimum atomic E-state index is -0.219. The normalized spacial score (nSPS) is 16.2. The highest BCUT2D eigenvalue weighted by molar-refractivity contribution is 7.80. The van der Waals surface area contributed by atoms with Crippen LogP contribution < -0.4 is 5.43 Å². The van der Waals surface area contributed by atoms with Gasteiger partial charge in [-0.2, -0.15) is 0 Å². The van der Waals surface area contributed by atoms with Gasteiger partial charge in [-0.1, -0.05) is 36.9 Å². The van der Waals surface area contributed by atoms with Crippen molar-refractivity contribution < 1.29 is 9.59 Å². The van der Waals surface area contributed by atoms with Crippen molar-refractivity contribution in [3.8, 4) is 0 Å². The standard InChI is InChI=1S/C25H28N4O2S/c1-17-18(2)28(13-14-30)19(3)22(17)15-20-9-5-6-10-21(20)25(31)29(26-4)16-27-23-11-7-8-12-24(23)32/h5-12,14,16,18,26,32H,1,13,15H2,2-4H3. The third kappa shape index (κ3) is 4.84. The number of hydrazine groups is 1. The van der Waals surface area contributed by atoms with Gasteiger partial charge in [0.05, 0.1) is 18.3 Å². The quantitative estimate of drug-likeness (QED) is 0.209. The SMILES string of the molecule is C=C1C(Cc2ccccc2C(=O)N(C=Nc2ccccc2S)NC)=C(C)N(CC=O)C1C. The molecule has 0 fully saturated rings. The highest BCUT2D eigenvalue weighted by Gasteiger charge is 2.30. The molecule has 1 N–H and O–H groups in total. The Kier molecular flexibility index (Phi) is 7.66. The molecule has 2 aromatic rings. The summed E-state index contributed by atoms with van der Waals surface area (Å²) in [6, 6.07) is 15.0. The van der Waals surface area contributed by atoms with Crippen LogP contribution in [0.2, 0.25) is 0 Å². The number of aldehydes is 1. The molecule has 1 unspecified atom stereocenters. The fourth-order valence-electron chi connectivity index (χ4n) is 3.86. The minimum Gasteiger partial charge on any atom is -0.361 e. The van der Waals surface area contributed by atoms with Crippen LogP contribution in [0, 0.1) is 0 Å². The maximum absolute atomic E-state index is 13.3. The molecule has 1 amide bonds. The molecule has 0 aliphatic carbocycles. The average molecular weight is 449 g/mol. The first-order valence-corrected chi connectivity index (χ1v) is 10.8. The Balaban J connectivity index is 1.88. The van der Waals surface area contributed by atoms with Crippen LogP contribution in [0.25, 0.3) is 0 Å². The average Bonchev–Trinajstić information content (AvgIpc) is 2.99. The molecule has 1 heterocycles. The van der Waals surface area contributed by atoms with E-state index in [1.165, 1.54) is 11.3 Å². The number of benzene rings is 2. The van der Waals surface area contributed by atoms with E-state index in [0.717, 1.165) is 33.6 Å². The maximum atomic E-state index is 13.3. The Morgan fingerprint density at radius 1 is 1.25 bits per heavy atom. The zero-order valence-electron chi connectivity index (χ0n) is 18.6. The summed E-state index contributed by atoms with van der Waals surface area (Å²) in [6.07, 6.45) is 2.92. The lowest BCUT2D eigenvalue weighted by Gasteiger charge is -2.23. The van der Waals surface area contributed by atoms with Crippen molar-refractivity contribution in [2.45, 2.75) is 31.2 Å². The van der Waals surface area contributed by atoms with Crippen LogP contribution in [0.1, 0.15) is 29.8 Å². The maximum Gasteiger partial charge on any atom is 0.273 e. The summed E-state index contributed by atoms with van der Waals surface area (Å²) in [4.78, 5) is 31.6. The summed E-state index contributed by atoms with van der Waals surface area (Å²) in [5, 5.41) is 1.35. The van der Waals surface area contributed by atoms with E-state index in [1.54, 1.807) is 7.05 Å². The van der Waals surface area contributed by atoms with E-state index < -0.39 is 0 Å².